The molecule has 192 valence electrons. The van der Waals surface area contributed by atoms with Crippen LogP contribution in [0.25, 0.3) is 0 Å². The summed E-state index contributed by atoms with van der Waals surface area (Å²) in [6.07, 6.45) is 16.2. The molecule has 0 aliphatic heterocycles. The zero-order valence-electron chi connectivity index (χ0n) is 20.9. The number of hydrogen-bond donors (Lipinski definition) is 5. The smallest absolute Gasteiger partial charge is 0.249 e. The number of carbonyl (C=O) groups excluding carboxylic acids is 1. The molecule has 0 fully saturated rings. The van der Waals surface area contributed by atoms with E-state index in [0.29, 0.717) is 12.8 Å². The van der Waals surface area contributed by atoms with Gasteiger partial charge in [-0.15, -0.1) is 0 Å². The van der Waals surface area contributed by atoms with Crippen LogP contribution in [0.15, 0.2) is 0 Å². The molecule has 4 atom stereocenters. The minimum Gasteiger partial charge on any atom is -0.394 e. The van der Waals surface area contributed by atoms with E-state index >= 15 is 0 Å². The number of aliphatic hydroxyl groups excluding tert-OH is 4. The van der Waals surface area contributed by atoms with Crippen LogP contribution in [-0.4, -0.2) is 57.3 Å². The second kappa shape index (κ2) is 22.1. The lowest BCUT2D eigenvalue weighted by atomic mass is 10.00. The van der Waals surface area contributed by atoms with Gasteiger partial charge in [0.2, 0.25) is 5.91 Å². The first-order valence-electron chi connectivity index (χ1n) is 13.4. The molecule has 0 saturated heterocycles. The van der Waals surface area contributed by atoms with Crippen molar-refractivity contribution in [2.75, 3.05) is 6.61 Å². The van der Waals surface area contributed by atoms with Crippen LogP contribution in [0.1, 0.15) is 129 Å². The van der Waals surface area contributed by atoms with Gasteiger partial charge < -0.3 is 25.7 Å². The molecule has 0 rings (SSSR count). The molecular weight excluding hydrogens is 406 g/mol. The zero-order valence-corrected chi connectivity index (χ0v) is 20.9. The summed E-state index contributed by atoms with van der Waals surface area (Å²) < 4.78 is 0. The van der Waals surface area contributed by atoms with Gasteiger partial charge in [0, 0.05) is 0 Å². The quantitative estimate of drug-likeness (QED) is 0.143. The number of rotatable bonds is 23. The summed E-state index contributed by atoms with van der Waals surface area (Å²) in [4.78, 5) is 12.2. The Morgan fingerprint density at radius 1 is 0.656 bits per heavy atom. The van der Waals surface area contributed by atoms with Gasteiger partial charge in [0.05, 0.1) is 18.8 Å². The lowest BCUT2D eigenvalue weighted by Crippen LogP contribution is -2.53. The fourth-order valence-corrected chi connectivity index (χ4v) is 4.05. The van der Waals surface area contributed by atoms with Gasteiger partial charge in [-0.1, -0.05) is 117 Å². The lowest BCUT2D eigenvalue weighted by molar-refractivity contribution is -0.132. The SMILES string of the molecule is CCCCCCCCCCCCCCCC(O)C(=O)NC(CO)C(O)C(O)CCCCC. The highest BCUT2D eigenvalue weighted by Crippen LogP contribution is 2.14. The van der Waals surface area contributed by atoms with Crippen molar-refractivity contribution in [2.24, 2.45) is 0 Å². The highest BCUT2D eigenvalue weighted by molar-refractivity contribution is 5.80. The summed E-state index contributed by atoms with van der Waals surface area (Å²) in [6, 6.07) is -0.972. The molecule has 0 saturated carbocycles. The Bertz CT molecular complexity index is 421. The largest absolute Gasteiger partial charge is 0.394 e. The van der Waals surface area contributed by atoms with Crippen molar-refractivity contribution in [3.8, 4) is 0 Å². The Morgan fingerprint density at radius 2 is 1.06 bits per heavy atom. The summed E-state index contributed by atoms with van der Waals surface area (Å²) in [5, 5.41) is 42.3. The summed E-state index contributed by atoms with van der Waals surface area (Å²) in [6.45, 7) is 3.82. The molecule has 0 spiro atoms. The molecule has 0 aromatic carbocycles. The molecule has 6 heteroatoms. The van der Waals surface area contributed by atoms with Crippen molar-refractivity contribution in [1.82, 2.24) is 5.32 Å². The van der Waals surface area contributed by atoms with Crippen LogP contribution in [0.3, 0.4) is 0 Å². The molecule has 0 aromatic heterocycles. The van der Waals surface area contributed by atoms with Gasteiger partial charge in [0.1, 0.15) is 12.2 Å². The molecule has 6 nitrogen and oxygen atoms in total. The van der Waals surface area contributed by atoms with Crippen molar-refractivity contribution >= 4 is 5.91 Å². The third-order valence-corrected chi connectivity index (χ3v) is 6.32. The molecule has 32 heavy (non-hydrogen) atoms. The van der Waals surface area contributed by atoms with Crippen LogP contribution < -0.4 is 5.32 Å². The highest BCUT2D eigenvalue weighted by Gasteiger charge is 2.28. The lowest BCUT2D eigenvalue weighted by Gasteiger charge is -2.27. The first kappa shape index (κ1) is 31.3. The van der Waals surface area contributed by atoms with E-state index < -0.39 is 36.9 Å². The molecule has 0 bridgehead atoms. The van der Waals surface area contributed by atoms with Crippen molar-refractivity contribution in [1.29, 1.82) is 0 Å². The first-order valence-corrected chi connectivity index (χ1v) is 13.4. The molecule has 5 N–H and O–H groups in total. The van der Waals surface area contributed by atoms with Crippen molar-refractivity contribution in [2.45, 2.75) is 154 Å². The average molecular weight is 460 g/mol. The molecule has 0 heterocycles. The van der Waals surface area contributed by atoms with E-state index in [1.54, 1.807) is 0 Å². The summed E-state index contributed by atoms with van der Waals surface area (Å²) >= 11 is 0. The van der Waals surface area contributed by atoms with E-state index in [0.717, 1.165) is 38.5 Å². The second-order valence-corrected chi connectivity index (χ2v) is 9.40. The second-order valence-electron chi connectivity index (χ2n) is 9.40. The maximum absolute atomic E-state index is 12.2. The van der Waals surface area contributed by atoms with Gasteiger partial charge in [0.15, 0.2) is 0 Å². The zero-order chi connectivity index (χ0) is 24.0. The summed E-state index contributed by atoms with van der Waals surface area (Å²) in [7, 11) is 0. The predicted octanol–water partition coefficient (Wildman–Crippen LogP) is 4.61. The van der Waals surface area contributed by atoms with Gasteiger partial charge in [-0.3, -0.25) is 4.79 Å². The predicted molar refractivity (Wildman–Crippen MR) is 131 cm³/mol. The van der Waals surface area contributed by atoms with Gasteiger partial charge in [-0.2, -0.15) is 0 Å². The Balaban J connectivity index is 3.81. The van der Waals surface area contributed by atoms with E-state index in [1.165, 1.54) is 64.2 Å². The average Bonchev–Trinajstić information content (AvgIpc) is 2.79. The maximum Gasteiger partial charge on any atom is 0.249 e. The van der Waals surface area contributed by atoms with E-state index in [2.05, 4.69) is 19.2 Å². The van der Waals surface area contributed by atoms with Crippen LogP contribution in [-0.2, 0) is 4.79 Å². The standard InChI is InChI=1S/C26H53NO5/c1-3-5-7-8-9-10-11-12-13-14-15-16-18-20-24(30)26(32)27-22(21-28)25(31)23(29)19-17-6-4-2/h22-25,28-31H,3-21H2,1-2H3,(H,27,32). The fourth-order valence-electron chi connectivity index (χ4n) is 4.05. The van der Waals surface area contributed by atoms with Gasteiger partial charge in [-0.05, 0) is 12.8 Å². The molecule has 4 unspecified atom stereocenters. The molecule has 0 aromatic rings. The van der Waals surface area contributed by atoms with Crippen LogP contribution in [0.5, 0.6) is 0 Å². The minimum absolute atomic E-state index is 0.372. The third-order valence-electron chi connectivity index (χ3n) is 6.32. The molecule has 0 radical (unpaired) electrons. The number of hydrogen-bond acceptors (Lipinski definition) is 5. The molecule has 1 amide bonds. The Hall–Kier alpha value is -0.690. The number of nitrogens with one attached hydrogen (secondary N) is 1. The first-order chi connectivity index (χ1) is 15.5. The summed E-state index contributed by atoms with van der Waals surface area (Å²) in [5.41, 5.74) is 0. The normalized spacial score (nSPS) is 15.3. The van der Waals surface area contributed by atoms with E-state index in [1.807, 2.05) is 0 Å². The monoisotopic (exact) mass is 459 g/mol. The molecule has 0 aliphatic rings. The van der Waals surface area contributed by atoms with Crippen LogP contribution in [0, 0.1) is 0 Å². The number of amides is 1. The van der Waals surface area contributed by atoms with E-state index in [9.17, 15) is 25.2 Å². The minimum atomic E-state index is -1.25. The van der Waals surface area contributed by atoms with Gasteiger partial charge >= 0.3 is 0 Å². The summed E-state index contributed by atoms with van der Waals surface area (Å²) in [5.74, 6) is -0.595. The van der Waals surface area contributed by atoms with Crippen molar-refractivity contribution in [3.63, 3.8) is 0 Å². The van der Waals surface area contributed by atoms with E-state index in [4.69, 9.17) is 0 Å². The fraction of sp³-hybridized carbons (Fsp3) is 0.962. The number of carbonyl (C=O) groups is 1. The van der Waals surface area contributed by atoms with Crippen molar-refractivity contribution in [3.05, 3.63) is 0 Å². The topological polar surface area (TPSA) is 110 Å². The van der Waals surface area contributed by atoms with Crippen LogP contribution in [0.4, 0.5) is 0 Å². The van der Waals surface area contributed by atoms with Gasteiger partial charge in [-0.25, -0.2) is 0 Å². The molecule has 0 aliphatic carbocycles. The number of unbranched alkanes of at least 4 members (excludes halogenated alkanes) is 14. The Labute approximate surface area is 197 Å². The van der Waals surface area contributed by atoms with Gasteiger partial charge in [0.25, 0.3) is 0 Å². The molecular formula is C26H53NO5. The van der Waals surface area contributed by atoms with Crippen LogP contribution in [0.2, 0.25) is 0 Å². The highest BCUT2D eigenvalue weighted by atomic mass is 16.3. The van der Waals surface area contributed by atoms with Crippen molar-refractivity contribution < 1.29 is 25.2 Å². The third kappa shape index (κ3) is 16.9. The van der Waals surface area contributed by atoms with E-state index in [-0.39, 0.29) is 0 Å². The maximum atomic E-state index is 12.2. The van der Waals surface area contributed by atoms with Crippen LogP contribution >= 0.6 is 0 Å². The Kier molecular flexibility index (Phi) is 21.6. The number of aliphatic hydroxyl groups is 4. The Morgan fingerprint density at radius 3 is 1.53 bits per heavy atom.